The van der Waals surface area contributed by atoms with Crippen LogP contribution in [0.5, 0.6) is 0 Å². The number of nitrogens with one attached hydrogen (secondary N) is 1. The summed E-state index contributed by atoms with van der Waals surface area (Å²) in [5.74, 6) is -0.267. The molecule has 6 nitrogen and oxygen atoms in total. The zero-order valence-corrected chi connectivity index (χ0v) is 14.7. The van der Waals surface area contributed by atoms with Crippen molar-refractivity contribution in [3.05, 3.63) is 101 Å². The van der Waals surface area contributed by atoms with Crippen molar-refractivity contribution in [2.75, 3.05) is 5.32 Å². The number of para-hydroxylation sites is 2. The Kier molecular flexibility index (Phi) is 4.51. The van der Waals surface area contributed by atoms with E-state index in [1.54, 1.807) is 36.5 Å². The number of hydrogen-bond donors (Lipinski definition) is 1. The maximum absolute atomic E-state index is 12.9. The second kappa shape index (κ2) is 7.28. The third-order valence-corrected chi connectivity index (χ3v) is 4.44. The Bertz CT molecular complexity index is 1200. The molecule has 6 heteroatoms. The number of nitro groups is 1. The van der Waals surface area contributed by atoms with E-state index < -0.39 is 4.92 Å². The summed E-state index contributed by atoms with van der Waals surface area (Å²) >= 11 is 0. The first-order valence-corrected chi connectivity index (χ1v) is 8.62. The number of hydrogen-bond acceptors (Lipinski definition) is 4. The highest BCUT2D eigenvalue weighted by atomic mass is 16.6. The third-order valence-electron chi connectivity index (χ3n) is 4.44. The molecule has 0 aliphatic rings. The molecule has 0 saturated carbocycles. The molecule has 3 aromatic carbocycles. The van der Waals surface area contributed by atoms with Gasteiger partial charge in [-0.2, -0.15) is 0 Å². The predicted octanol–water partition coefficient (Wildman–Crippen LogP) is 5.06. The van der Waals surface area contributed by atoms with E-state index in [2.05, 4.69) is 10.3 Å². The van der Waals surface area contributed by atoms with Gasteiger partial charge in [0.25, 0.3) is 11.6 Å². The van der Waals surface area contributed by atoms with Crippen LogP contribution in [0, 0.1) is 10.1 Å². The molecule has 0 atom stereocenters. The zero-order valence-electron chi connectivity index (χ0n) is 14.7. The molecule has 1 amide bonds. The Balaban J connectivity index is 1.72. The SMILES string of the molecule is O=C(Nc1ccccc1-c1cccc([N+](=O)[O-])c1)c1ccnc2ccccc12. The van der Waals surface area contributed by atoms with Crippen LogP contribution < -0.4 is 5.32 Å². The molecule has 1 aromatic heterocycles. The minimum atomic E-state index is -0.437. The number of nitrogens with zero attached hydrogens (tertiary/aromatic N) is 2. The molecule has 1 N–H and O–H groups in total. The van der Waals surface area contributed by atoms with Crippen LogP contribution in [0.2, 0.25) is 0 Å². The first kappa shape index (κ1) is 17.4. The van der Waals surface area contributed by atoms with E-state index in [0.29, 0.717) is 22.4 Å². The Hall–Kier alpha value is -4.06. The van der Waals surface area contributed by atoms with Gasteiger partial charge in [0.2, 0.25) is 0 Å². The molecule has 4 aromatic rings. The molecule has 0 bridgehead atoms. The smallest absolute Gasteiger partial charge is 0.270 e. The van der Waals surface area contributed by atoms with Gasteiger partial charge in [-0.3, -0.25) is 19.9 Å². The Morgan fingerprint density at radius 1 is 0.929 bits per heavy atom. The van der Waals surface area contributed by atoms with Crippen LogP contribution in [-0.4, -0.2) is 15.8 Å². The second-order valence-corrected chi connectivity index (χ2v) is 6.18. The van der Waals surface area contributed by atoms with E-state index in [9.17, 15) is 14.9 Å². The summed E-state index contributed by atoms with van der Waals surface area (Å²) in [5, 5.41) is 14.8. The minimum Gasteiger partial charge on any atom is -0.321 e. The van der Waals surface area contributed by atoms with Gasteiger partial charge >= 0.3 is 0 Å². The number of fused-ring (bicyclic) bond motifs is 1. The van der Waals surface area contributed by atoms with Crippen molar-refractivity contribution in [2.24, 2.45) is 0 Å². The molecule has 0 spiro atoms. The molecular weight excluding hydrogens is 354 g/mol. The molecule has 0 fully saturated rings. The first-order chi connectivity index (χ1) is 13.6. The van der Waals surface area contributed by atoms with Crippen LogP contribution in [0.4, 0.5) is 11.4 Å². The number of carbonyl (C=O) groups is 1. The van der Waals surface area contributed by atoms with Crippen molar-refractivity contribution in [1.29, 1.82) is 0 Å². The van der Waals surface area contributed by atoms with E-state index in [1.165, 1.54) is 12.1 Å². The maximum atomic E-state index is 12.9. The maximum Gasteiger partial charge on any atom is 0.270 e. The molecule has 0 aliphatic heterocycles. The number of anilines is 1. The quantitative estimate of drug-likeness (QED) is 0.402. The van der Waals surface area contributed by atoms with Gasteiger partial charge in [-0.15, -0.1) is 0 Å². The molecule has 0 saturated heterocycles. The fourth-order valence-electron chi connectivity index (χ4n) is 3.11. The van der Waals surface area contributed by atoms with Crippen LogP contribution >= 0.6 is 0 Å². The van der Waals surface area contributed by atoms with E-state index in [4.69, 9.17) is 0 Å². The van der Waals surface area contributed by atoms with Crippen molar-refractivity contribution in [3.8, 4) is 11.1 Å². The average Bonchev–Trinajstić information content (AvgIpc) is 2.73. The number of rotatable bonds is 4. The fourth-order valence-corrected chi connectivity index (χ4v) is 3.11. The summed E-state index contributed by atoms with van der Waals surface area (Å²) in [7, 11) is 0. The van der Waals surface area contributed by atoms with Gasteiger partial charge in [-0.25, -0.2) is 0 Å². The number of aromatic nitrogens is 1. The fraction of sp³-hybridized carbons (Fsp3) is 0. The van der Waals surface area contributed by atoms with Gasteiger partial charge in [0.15, 0.2) is 0 Å². The van der Waals surface area contributed by atoms with Gasteiger partial charge < -0.3 is 5.32 Å². The lowest BCUT2D eigenvalue weighted by Gasteiger charge is -2.12. The summed E-state index contributed by atoms with van der Waals surface area (Å²) < 4.78 is 0. The van der Waals surface area contributed by atoms with Gasteiger partial charge in [-0.1, -0.05) is 48.5 Å². The molecule has 0 aliphatic carbocycles. The molecular formula is C22H15N3O3. The topological polar surface area (TPSA) is 85.1 Å². The molecule has 0 radical (unpaired) electrons. The number of carbonyl (C=O) groups excluding carboxylic acids is 1. The van der Waals surface area contributed by atoms with Crippen LogP contribution in [0.15, 0.2) is 85.1 Å². The van der Waals surface area contributed by atoms with E-state index in [-0.39, 0.29) is 11.6 Å². The molecule has 136 valence electrons. The second-order valence-electron chi connectivity index (χ2n) is 6.18. The van der Waals surface area contributed by atoms with Crippen molar-refractivity contribution in [1.82, 2.24) is 4.98 Å². The van der Waals surface area contributed by atoms with Gasteiger partial charge in [0.05, 0.1) is 16.0 Å². The lowest BCUT2D eigenvalue weighted by atomic mass is 10.0. The molecule has 0 unspecified atom stereocenters. The average molecular weight is 369 g/mol. The van der Waals surface area contributed by atoms with Crippen LogP contribution in [0.3, 0.4) is 0 Å². The van der Waals surface area contributed by atoms with Crippen molar-refractivity contribution >= 4 is 28.2 Å². The summed E-state index contributed by atoms with van der Waals surface area (Å²) in [6.07, 6.45) is 1.60. The highest BCUT2D eigenvalue weighted by Crippen LogP contribution is 2.31. The lowest BCUT2D eigenvalue weighted by molar-refractivity contribution is -0.384. The first-order valence-electron chi connectivity index (χ1n) is 8.62. The Morgan fingerprint density at radius 2 is 1.71 bits per heavy atom. The van der Waals surface area contributed by atoms with Gasteiger partial charge in [0.1, 0.15) is 0 Å². The van der Waals surface area contributed by atoms with Crippen molar-refractivity contribution in [2.45, 2.75) is 0 Å². The minimum absolute atomic E-state index is 0.00115. The largest absolute Gasteiger partial charge is 0.321 e. The number of amides is 1. The normalized spacial score (nSPS) is 10.6. The van der Waals surface area contributed by atoms with Crippen LogP contribution in [0.1, 0.15) is 10.4 Å². The Morgan fingerprint density at radius 3 is 2.57 bits per heavy atom. The third kappa shape index (κ3) is 3.31. The van der Waals surface area contributed by atoms with Crippen LogP contribution in [0.25, 0.3) is 22.0 Å². The van der Waals surface area contributed by atoms with Crippen molar-refractivity contribution in [3.63, 3.8) is 0 Å². The summed E-state index contributed by atoms with van der Waals surface area (Å²) in [5.41, 5.74) is 3.19. The summed E-state index contributed by atoms with van der Waals surface area (Å²) in [6.45, 7) is 0. The number of nitro benzene ring substituents is 1. The number of non-ortho nitro benzene ring substituents is 1. The van der Waals surface area contributed by atoms with Crippen molar-refractivity contribution < 1.29 is 9.72 Å². The summed E-state index contributed by atoms with van der Waals surface area (Å²) in [6, 6.07) is 22.7. The van der Waals surface area contributed by atoms with Gasteiger partial charge in [0, 0.05) is 35.0 Å². The van der Waals surface area contributed by atoms with Gasteiger partial charge in [-0.05, 0) is 23.8 Å². The molecule has 28 heavy (non-hydrogen) atoms. The number of pyridine rings is 1. The Labute approximate surface area is 160 Å². The zero-order chi connectivity index (χ0) is 19.5. The van der Waals surface area contributed by atoms with E-state index in [1.807, 2.05) is 36.4 Å². The number of benzene rings is 3. The van der Waals surface area contributed by atoms with E-state index in [0.717, 1.165) is 10.9 Å². The molecule has 4 rings (SSSR count). The highest BCUT2D eigenvalue weighted by Gasteiger charge is 2.14. The standard InChI is InChI=1S/C22H15N3O3/c26-22(19-12-13-23-20-10-3-2-9-18(19)20)24-21-11-4-1-8-17(21)15-6-5-7-16(14-15)25(27)28/h1-14H,(H,24,26). The lowest BCUT2D eigenvalue weighted by Crippen LogP contribution is -2.13. The molecule has 1 heterocycles. The summed E-state index contributed by atoms with van der Waals surface area (Å²) in [4.78, 5) is 27.9. The predicted molar refractivity (Wildman–Crippen MR) is 108 cm³/mol. The van der Waals surface area contributed by atoms with E-state index >= 15 is 0 Å². The highest BCUT2D eigenvalue weighted by molar-refractivity contribution is 6.13. The monoisotopic (exact) mass is 369 g/mol. The van der Waals surface area contributed by atoms with Crippen LogP contribution in [-0.2, 0) is 0 Å².